The number of nitrogens with one attached hydrogen (secondary N) is 1. The van der Waals surface area contributed by atoms with Crippen LogP contribution in [0.3, 0.4) is 0 Å². The molecule has 0 bridgehead atoms. The number of carbonyl (C=O) groups excluding carboxylic acids is 1. The van der Waals surface area contributed by atoms with Crippen LogP contribution < -0.4 is 5.32 Å². The van der Waals surface area contributed by atoms with Crippen LogP contribution in [0.2, 0.25) is 0 Å². The van der Waals surface area contributed by atoms with Crippen LogP contribution >= 0.6 is 0 Å². The Bertz CT molecular complexity index is 552. The Hall–Kier alpha value is -2.44. The van der Waals surface area contributed by atoms with E-state index in [1.54, 1.807) is 16.9 Å². The molecule has 7 heteroatoms. The van der Waals surface area contributed by atoms with Crippen molar-refractivity contribution < 1.29 is 9.53 Å². The molecule has 94 valence electrons. The maximum absolute atomic E-state index is 11.3. The van der Waals surface area contributed by atoms with Crippen LogP contribution in [0.5, 0.6) is 0 Å². The average Bonchev–Trinajstić information content (AvgIpc) is 2.86. The van der Waals surface area contributed by atoms with E-state index in [2.05, 4.69) is 25.1 Å². The number of ether oxygens (including phenoxy) is 1. The highest BCUT2D eigenvalue weighted by molar-refractivity contribution is 5.85. The third-order valence-corrected chi connectivity index (χ3v) is 2.25. The second-order valence-electron chi connectivity index (χ2n) is 3.47. The number of hydrogen-bond acceptors (Lipinski definition) is 6. The highest BCUT2D eigenvalue weighted by atomic mass is 16.5. The molecule has 7 nitrogen and oxygen atoms in total. The van der Waals surface area contributed by atoms with Gasteiger partial charge in [0.1, 0.15) is 5.82 Å². The minimum atomic E-state index is -0.567. The van der Waals surface area contributed by atoms with E-state index in [-0.39, 0.29) is 5.82 Å². The highest BCUT2D eigenvalue weighted by Crippen LogP contribution is 2.12. The first-order valence-corrected chi connectivity index (χ1v) is 5.43. The summed E-state index contributed by atoms with van der Waals surface area (Å²) >= 11 is 0. The molecule has 2 heterocycles. The minimum Gasteiger partial charge on any atom is -0.463 e. The average molecular weight is 247 g/mol. The Labute approximate surface area is 104 Å². The molecular weight excluding hydrogens is 234 g/mol. The largest absolute Gasteiger partial charge is 0.463 e. The smallest absolute Gasteiger partial charge is 0.376 e. The molecule has 0 saturated carbocycles. The molecule has 2 aromatic rings. The first kappa shape index (κ1) is 12.0. The molecule has 0 unspecified atom stereocenters. The highest BCUT2D eigenvalue weighted by Gasteiger charge is 2.09. The van der Waals surface area contributed by atoms with E-state index in [1.807, 2.05) is 13.1 Å². The van der Waals surface area contributed by atoms with Crippen molar-refractivity contribution in [1.82, 2.24) is 19.7 Å². The van der Waals surface area contributed by atoms with Crippen LogP contribution in [0.1, 0.15) is 17.5 Å². The van der Waals surface area contributed by atoms with Gasteiger partial charge in [-0.25, -0.2) is 14.8 Å². The van der Waals surface area contributed by atoms with Gasteiger partial charge in [-0.15, -0.1) is 0 Å². The summed E-state index contributed by atoms with van der Waals surface area (Å²) in [5.74, 6) is -0.0330. The van der Waals surface area contributed by atoms with E-state index < -0.39 is 5.97 Å². The van der Waals surface area contributed by atoms with Crippen molar-refractivity contribution in [2.75, 3.05) is 12.4 Å². The van der Waals surface area contributed by atoms with E-state index >= 15 is 0 Å². The summed E-state index contributed by atoms with van der Waals surface area (Å²) in [5.41, 5.74) is 0.798. The molecule has 2 rings (SSSR count). The van der Waals surface area contributed by atoms with Crippen molar-refractivity contribution in [3.05, 3.63) is 30.5 Å². The van der Waals surface area contributed by atoms with Crippen LogP contribution in [-0.4, -0.2) is 32.8 Å². The Balaban J connectivity index is 2.16. The molecule has 0 amide bonds. The molecule has 0 aliphatic rings. The van der Waals surface area contributed by atoms with Crippen molar-refractivity contribution in [2.24, 2.45) is 0 Å². The van der Waals surface area contributed by atoms with Gasteiger partial charge in [-0.1, -0.05) is 0 Å². The lowest BCUT2D eigenvalue weighted by atomic mass is 10.5. The van der Waals surface area contributed by atoms with Gasteiger partial charge in [0.25, 0.3) is 0 Å². The SMILES string of the molecule is CCn1cc(Nc2ccnc(C(=O)OC)n2)cn1. The first-order chi connectivity index (χ1) is 8.72. The number of aryl methyl sites for hydroxylation is 1. The lowest BCUT2D eigenvalue weighted by Crippen LogP contribution is -2.08. The minimum absolute atomic E-state index is 0.0189. The predicted molar refractivity (Wildman–Crippen MR) is 64.6 cm³/mol. The van der Waals surface area contributed by atoms with Gasteiger partial charge in [-0.05, 0) is 13.0 Å². The maximum Gasteiger partial charge on any atom is 0.376 e. The number of rotatable bonds is 4. The molecular formula is C11H13N5O2. The van der Waals surface area contributed by atoms with Crippen molar-refractivity contribution in [3.8, 4) is 0 Å². The molecule has 0 aromatic carbocycles. The van der Waals surface area contributed by atoms with Crippen LogP contribution in [0.15, 0.2) is 24.7 Å². The third kappa shape index (κ3) is 2.62. The number of esters is 1. The number of nitrogens with zero attached hydrogens (tertiary/aromatic N) is 4. The van der Waals surface area contributed by atoms with E-state index in [4.69, 9.17) is 0 Å². The summed E-state index contributed by atoms with van der Waals surface area (Å²) in [4.78, 5) is 19.1. The number of anilines is 2. The second-order valence-corrected chi connectivity index (χ2v) is 3.47. The Morgan fingerprint density at radius 3 is 3.06 bits per heavy atom. The van der Waals surface area contributed by atoms with Gasteiger partial charge >= 0.3 is 5.97 Å². The van der Waals surface area contributed by atoms with E-state index in [0.29, 0.717) is 5.82 Å². The van der Waals surface area contributed by atoms with Crippen LogP contribution in [-0.2, 0) is 11.3 Å². The quantitative estimate of drug-likeness (QED) is 0.818. The standard InChI is InChI=1S/C11H13N5O2/c1-3-16-7-8(6-13-16)14-9-4-5-12-10(15-9)11(17)18-2/h4-7H,3H2,1-2H3,(H,12,14,15). The topological polar surface area (TPSA) is 81.9 Å². The molecule has 0 fully saturated rings. The summed E-state index contributed by atoms with van der Waals surface area (Å²) in [7, 11) is 1.29. The number of hydrogen-bond donors (Lipinski definition) is 1. The molecule has 1 N–H and O–H groups in total. The molecule has 0 saturated heterocycles. The third-order valence-electron chi connectivity index (χ3n) is 2.25. The predicted octanol–water partition coefficient (Wildman–Crippen LogP) is 1.22. The van der Waals surface area contributed by atoms with E-state index in [1.165, 1.54) is 13.3 Å². The fraction of sp³-hybridized carbons (Fsp3) is 0.273. The number of carbonyl (C=O) groups is 1. The zero-order valence-corrected chi connectivity index (χ0v) is 10.1. The zero-order chi connectivity index (χ0) is 13.0. The van der Waals surface area contributed by atoms with Gasteiger partial charge in [-0.2, -0.15) is 5.10 Å². The number of methoxy groups -OCH3 is 1. The van der Waals surface area contributed by atoms with Gasteiger partial charge in [0.2, 0.25) is 5.82 Å². The fourth-order valence-corrected chi connectivity index (χ4v) is 1.37. The molecule has 0 atom stereocenters. The van der Waals surface area contributed by atoms with Crippen LogP contribution in [0.4, 0.5) is 11.5 Å². The number of aromatic nitrogens is 4. The van der Waals surface area contributed by atoms with Crippen LogP contribution in [0, 0.1) is 0 Å². The summed E-state index contributed by atoms with van der Waals surface area (Å²) in [5, 5.41) is 7.16. The zero-order valence-electron chi connectivity index (χ0n) is 10.1. The Morgan fingerprint density at radius 1 is 1.56 bits per heavy atom. The lowest BCUT2D eigenvalue weighted by molar-refractivity contribution is 0.0587. The van der Waals surface area contributed by atoms with Crippen molar-refractivity contribution in [3.63, 3.8) is 0 Å². The van der Waals surface area contributed by atoms with Crippen molar-refractivity contribution >= 4 is 17.5 Å². The van der Waals surface area contributed by atoms with Gasteiger partial charge in [-0.3, -0.25) is 4.68 Å². The Morgan fingerprint density at radius 2 is 2.39 bits per heavy atom. The molecule has 2 aromatic heterocycles. The van der Waals surface area contributed by atoms with Crippen LogP contribution in [0.25, 0.3) is 0 Å². The summed E-state index contributed by atoms with van der Waals surface area (Å²) in [6.45, 7) is 2.79. The van der Waals surface area contributed by atoms with Gasteiger partial charge in [0, 0.05) is 18.9 Å². The molecule has 0 aliphatic carbocycles. The fourth-order valence-electron chi connectivity index (χ4n) is 1.37. The molecule has 18 heavy (non-hydrogen) atoms. The lowest BCUT2D eigenvalue weighted by Gasteiger charge is -2.03. The maximum atomic E-state index is 11.3. The summed E-state index contributed by atoms with van der Waals surface area (Å²) in [6, 6.07) is 1.66. The molecule has 0 aliphatic heterocycles. The monoisotopic (exact) mass is 247 g/mol. The molecule has 0 spiro atoms. The van der Waals surface area contributed by atoms with E-state index in [0.717, 1.165) is 12.2 Å². The second kappa shape index (κ2) is 5.26. The summed E-state index contributed by atoms with van der Waals surface area (Å²) in [6.07, 6.45) is 5.02. The van der Waals surface area contributed by atoms with Crippen molar-refractivity contribution in [1.29, 1.82) is 0 Å². The normalized spacial score (nSPS) is 10.1. The van der Waals surface area contributed by atoms with Gasteiger partial charge < -0.3 is 10.1 Å². The molecule has 0 radical (unpaired) electrons. The first-order valence-electron chi connectivity index (χ1n) is 5.43. The summed E-state index contributed by atoms with van der Waals surface area (Å²) < 4.78 is 6.34. The Kier molecular flexibility index (Phi) is 3.52. The van der Waals surface area contributed by atoms with E-state index in [9.17, 15) is 4.79 Å². The van der Waals surface area contributed by atoms with Crippen molar-refractivity contribution in [2.45, 2.75) is 13.5 Å². The van der Waals surface area contributed by atoms with Gasteiger partial charge in [0.15, 0.2) is 0 Å². The van der Waals surface area contributed by atoms with Gasteiger partial charge in [0.05, 0.1) is 19.0 Å².